The van der Waals surface area contributed by atoms with Crippen molar-refractivity contribution in [2.24, 2.45) is 5.92 Å². The fourth-order valence-electron chi connectivity index (χ4n) is 2.31. The lowest BCUT2D eigenvalue weighted by Gasteiger charge is -2.13. The van der Waals surface area contributed by atoms with Crippen molar-refractivity contribution in [2.75, 3.05) is 0 Å². The van der Waals surface area contributed by atoms with Crippen LogP contribution in [0.2, 0.25) is 0 Å². The molecule has 96 valence electrons. The Morgan fingerprint density at radius 2 is 1.94 bits per heavy atom. The number of rotatable bonds is 2. The second-order valence-corrected chi connectivity index (χ2v) is 7.01. The number of carbonyl (C=O) groups excluding carboxylic acids is 2. The van der Waals surface area contributed by atoms with Crippen molar-refractivity contribution in [2.45, 2.75) is 32.1 Å². The van der Waals surface area contributed by atoms with E-state index in [0.717, 1.165) is 32.8 Å². The van der Waals surface area contributed by atoms with Gasteiger partial charge in [-0.1, -0.05) is 12.8 Å². The summed E-state index contributed by atoms with van der Waals surface area (Å²) in [6, 6.07) is 5.76. The van der Waals surface area contributed by atoms with E-state index in [-0.39, 0.29) is 11.6 Å². The smallest absolute Gasteiger partial charge is 0.174 e. The van der Waals surface area contributed by atoms with Crippen LogP contribution in [0.5, 0.6) is 0 Å². The zero-order valence-corrected chi connectivity index (χ0v) is 14.2. The van der Waals surface area contributed by atoms with Crippen molar-refractivity contribution >= 4 is 56.7 Å². The lowest BCUT2D eigenvalue weighted by molar-refractivity contribution is -0.121. The number of Topliss-reactive ketones (excluding diaryl/α,β-unsaturated/α-hetero) is 2. The highest BCUT2D eigenvalue weighted by Crippen LogP contribution is 2.26. The first-order valence-corrected chi connectivity index (χ1v) is 8.27. The molecule has 1 fully saturated rings. The molecule has 4 heteroatoms. The van der Waals surface area contributed by atoms with Crippen molar-refractivity contribution in [3.63, 3.8) is 0 Å². The maximum atomic E-state index is 12.5. The maximum absolute atomic E-state index is 12.5. The van der Waals surface area contributed by atoms with Crippen LogP contribution in [0.4, 0.5) is 0 Å². The normalized spacial score (nSPS) is 20.6. The average molecular weight is 468 g/mol. The molecule has 2 rings (SSSR count). The van der Waals surface area contributed by atoms with E-state index >= 15 is 0 Å². The highest BCUT2D eigenvalue weighted by Gasteiger charge is 2.29. The van der Waals surface area contributed by atoms with Crippen molar-refractivity contribution in [3.05, 3.63) is 30.9 Å². The third-order valence-electron chi connectivity index (χ3n) is 3.32. The molecule has 0 heterocycles. The van der Waals surface area contributed by atoms with Gasteiger partial charge in [0.1, 0.15) is 5.78 Å². The van der Waals surface area contributed by atoms with Gasteiger partial charge in [-0.25, -0.2) is 0 Å². The lowest BCUT2D eigenvalue weighted by Crippen LogP contribution is -2.23. The van der Waals surface area contributed by atoms with Crippen LogP contribution < -0.4 is 0 Å². The van der Waals surface area contributed by atoms with E-state index in [1.54, 1.807) is 0 Å². The average Bonchev–Trinajstić information content (AvgIpc) is 2.53. The predicted molar refractivity (Wildman–Crippen MR) is 87.8 cm³/mol. The van der Waals surface area contributed by atoms with Gasteiger partial charge >= 0.3 is 0 Å². The second kappa shape index (κ2) is 6.45. The van der Waals surface area contributed by atoms with Crippen LogP contribution >= 0.6 is 45.2 Å². The first kappa shape index (κ1) is 14.4. The first-order chi connectivity index (χ1) is 8.59. The molecular weight excluding hydrogens is 454 g/mol. The molecule has 2 nitrogen and oxygen atoms in total. The quantitative estimate of drug-likeness (QED) is 0.282. The summed E-state index contributed by atoms with van der Waals surface area (Å²) in [5.41, 5.74) is 0.705. The highest BCUT2D eigenvalue weighted by molar-refractivity contribution is 14.1. The molecule has 1 unspecified atom stereocenters. The van der Waals surface area contributed by atoms with Gasteiger partial charge in [0.2, 0.25) is 0 Å². The van der Waals surface area contributed by atoms with E-state index in [9.17, 15) is 9.59 Å². The zero-order chi connectivity index (χ0) is 13.1. The molecule has 1 atom stereocenters. The molecule has 0 N–H and O–H groups in total. The first-order valence-electron chi connectivity index (χ1n) is 6.11. The van der Waals surface area contributed by atoms with Gasteiger partial charge in [-0.05, 0) is 76.2 Å². The summed E-state index contributed by atoms with van der Waals surface area (Å²) >= 11 is 4.40. The Kier molecular flexibility index (Phi) is 5.17. The van der Waals surface area contributed by atoms with Crippen LogP contribution in [0.1, 0.15) is 42.5 Å². The Labute approximate surface area is 134 Å². The number of halogens is 2. The molecule has 0 amide bonds. The summed E-state index contributed by atoms with van der Waals surface area (Å²) in [5.74, 6) is -0.254. The monoisotopic (exact) mass is 468 g/mol. The van der Waals surface area contributed by atoms with Gasteiger partial charge in [0.25, 0.3) is 0 Å². The standard InChI is InChI=1S/C14H14I2O2/c15-9-6-7-10(12(16)8-9)14(18)11-4-2-1-3-5-13(11)17/h6-8,11H,1-5H2. The van der Waals surface area contributed by atoms with Gasteiger partial charge in [-0.3, -0.25) is 9.59 Å². The number of hydrogen-bond acceptors (Lipinski definition) is 2. The Bertz CT molecular complexity index is 483. The minimum atomic E-state index is -0.402. The van der Waals surface area contributed by atoms with E-state index in [4.69, 9.17) is 0 Å². The van der Waals surface area contributed by atoms with Crippen LogP contribution in [0.15, 0.2) is 18.2 Å². The molecule has 1 aromatic carbocycles. The molecule has 1 aliphatic rings. The molecule has 0 bridgehead atoms. The van der Waals surface area contributed by atoms with E-state index in [0.29, 0.717) is 12.0 Å². The van der Waals surface area contributed by atoms with Gasteiger partial charge < -0.3 is 0 Å². The molecule has 1 aromatic rings. The number of carbonyl (C=O) groups is 2. The topological polar surface area (TPSA) is 34.1 Å². The predicted octanol–water partition coefficient (Wildman–Crippen LogP) is 4.23. The summed E-state index contributed by atoms with van der Waals surface area (Å²) in [6.07, 6.45) is 4.28. The number of benzene rings is 1. The summed E-state index contributed by atoms with van der Waals surface area (Å²) in [4.78, 5) is 24.4. The molecule has 18 heavy (non-hydrogen) atoms. The molecule has 1 saturated carbocycles. The van der Waals surface area contributed by atoms with Crippen molar-refractivity contribution in [1.29, 1.82) is 0 Å². The number of ketones is 2. The van der Waals surface area contributed by atoms with Crippen LogP contribution in [0, 0.1) is 13.1 Å². The summed E-state index contributed by atoms with van der Waals surface area (Å²) < 4.78 is 2.06. The van der Waals surface area contributed by atoms with Crippen LogP contribution in [-0.4, -0.2) is 11.6 Å². The van der Waals surface area contributed by atoms with Crippen molar-refractivity contribution in [1.82, 2.24) is 0 Å². The Morgan fingerprint density at radius 1 is 1.17 bits per heavy atom. The van der Waals surface area contributed by atoms with Crippen LogP contribution in [0.25, 0.3) is 0 Å². The van der Waals surface area contributed by atoms with Crippen molar-refractivity contribution < 1.29 is 9.59 Å². The zero-order valence-electron chi connectivity index (χ0n) is 9.92. The molecule has 0 saturated heterocycles. The maximum Gasteiger partial charge on any atom is 0.174 e. The van der Waals surface area contributed by atoms with Gasteiger partial charge in [0.15, 0.2) is 5.78 Å². The Balaban J connectivity index is 2.26. The highest BCUT2D eigenvalue weighted by atomic mass is 127. The van der Waals surface area contributed by atoms with Crippen LogP contribution in [0.3, 0.4) is 0 Å². The van der Waals surface area contributed by atoms with Crippen molar-refractivity contribution in [3.8, 4) is 0 Å². The van der Waals surface area contributed by atoms with E-state index < -0.39 is 5.92 Å². The largest absolute Gasteiger partial charge is 0.299 e. The third kappa shape index (κ3) is 3.31. The van der Waals surface area contributed by atoms with E-state index in [1.807, 2.05) is 18.2 Å². The lowest BCUT2D eigenvalue weighted by atomic mass is 9.90. The number of hydrogen-bond donors (Lipinski definition) is 0. The van der Waals surface area contributed by atoms with Crippen LogP contribution in [-0.2, 0) is 4.79 Å². The van der Waals surface area contributed by atoms with E-state index in [2.05, 4.69) is 45.2 Å². The summed E-state index contributed by atoms with van der Waals surface area (Å²) in [7, 11) is 0. The van der Waals surface area contributed by atoms with Gasteiger partial charge in [0.05, 0.1) is 5.92 Å². The molecule has 0 aliphatic heterocycles. The van der Waals surface area contributed by atoms with Gasteiger partial charge in [-0.15, -0.1) is 0 Å². The van der Waals surface area contributed by atoms with E-state index in [1.165, 1.54) is 0 Å². The third-order valence-corrected chi connectivity index (χ3v) is 4.88. The fraction of sp³-hybridized carbons (Fsp3) is 0.429. The summed E-state index contributed by atoms with van der Waals surface area (Å²) in [5, 5.41) is 0. The molecule has 0 radical (unpaired) electrons. The van der Waals surface area contributed by atoms with Gasteiger partial charge in [-0.2, -0.15) is 0 Å². The minimum Gasteiger partial charge on any atom is -0.299 e. The second-order valence-electron chi connectivity index (χ2n) is 4.61. The fourth-order valence-corrected chi connectivity index (χ4v) is 4.18. The molecular formula is C14H14I2O2. The molecule has 1 aliphatic carbocycles. The molecule has 0 aromatic heterocycles. The SMILES string of the molecule is O=C1CCCCCC1C(=O)c1ccc(I)cc1I. The van der Waals surface area contributed by atoms with Gasteiger partial charge in [0, 0.05) is 19.1 Å². The molecule has 0 spiro atoms. The summed E-state index contributed by atoms with van der Waals surface area (Å²) in [6.45, 7) is 0. The Morgan fingerprint density at radius 3 is 2.67 bits per heavy atom. The Hall–Kier alpha value is 0.0200. The minimum absolute atomic E-state index is 0.0164.